The molecule has 0 fully saturated rings. The molecule has 0 spiro atoms. The molecule has 0 aromatic heterocycles. The van der Waals surface area contributed by atoms with Gasteiger partial charge < -0.3 is 19.5 Å². The lowest BCUT2D eigenvalue weighted by Crippen LogP contribution is -2.36. The van der Waals surface area contributed by atoms with Gasteiger partial charge in [-0.1, -0.05) is 28.9 Å². The van der Waals surface area contributed by atoms with E-state index in [1.54, 1.807) is 14.0 Å². The van der Waals surface area contributed by atoms with Gasteiger partial charge in [-0.05, 0) is 68.1 Å². The van der Waals surface area contributed by atoms with Crippen molar-refractivity contribution in [2.75, 3.05) is 13.7 Å². The van der Waals surface area contributed by atoms with Gasteiger partial charge in [0.15, 0.2) is 17.6 Å². The van der Waals surface area contributed by atoms with E-state index in [-0.39, 0.29) is 5.91 Å². The minimum atomic E-state index is -0.604. The maximum atomic E-state index is 12.5. The Morgan fingerprint density at radius 2 is 1.82 bits per heavy atom. The number of nitrogens with one attached hydrogen (secondary N) is 1. The second kappa shape index (κ2) is 10.4. The lowest BCUT2D eigenvalue weighted by Gasteiger charge is -2.18. The number of methoxy groups -OCH3 is 1. The summed E-state index contributed by atoms with van der Waals surface area (Å²) in [6, 6.07) is 9.61. The van der Waals surface area contributed by atoms with Crippen LogP contribution >= 0.6 is 15.9 Å². The van der Waals surface area contributed by atoms with E-state index in [1.807, 2.05) is 44.2 Å². The molecule has 0 radical (unpaired) electrons. The predicted octanol–water partition coefficient (Wildman–Crippen LogP) is 4.95. The van der Waals surface area contributed by atoms with Gasteiger partial charge in [-0.2, -0.15) is 0 Å². The van der Waals surface area contributed by atoms with E-state index in [0.717, 1.165) is 33.3 Å². The van der Waals surface area contributed by atoms with Crippen LogP contribution in [0.1, 0.15) is 37.0 Å². The zero-order valence-corrected chi connectivity index (χ0v) is 18.7. The SMILES string of the molecule is CCCOc1ccc(CNC(=O)C(C)Oc2c(C)cc(Br)cc2C)cc1OC. The van der Waals surface area contributed by atoms with Crippen LogP contribution in [0.2, 0.25) is 0 Å². The van der Waals surface area contributed by atoms with Gasteiger partial charge in [-0.15, -0.1) is 0 Å². The highest BCUT2D eigenvalue weighted by Crippen LogP contribution is 2.29. The smallest absolute Gasteiger partial charge is 0.261 e. The molecule has 1 atom stereocenters. The Morgan fingerprint density at radius 1 is 1.14 bits per heavy atom. The van der Waals surface area contributed by atoms with Crippen LogP contribution in [0.15, 0.2) is 34.8 Å². The Bertz CT molecular complexity index is 799. The van der Waals surface area contributed by atoms with Crippen molar-refractivity contribution in [2.24, 2.45) is 0 Å². The first-order chi connectivity index (χ1) is 13.3. The summed E-state index contributed by atoms with van der Waals surface area (Å²) in [4.78, 5) is 12.5. The molecule has 2 aromatic rings. The second-order valence-electron chi connectivity index (χ2n) is 6.68. The number of hydrogen-bond donors (Lipinski definition) is 1. The summed E-state index contributed by atoms with van der Waals surface area (Å²) >= 11 is 3.47. The molecule has 1 N–H and O–H groups in total. The third kappa shape index (κ3) is 5.89. The van der Waals surface area contributed by atoms with E-state index in [0.29, 0.717) is 24.7 Å². The van der Waals surface area contributed by atoms with Crippen molar-refractivity contribution in [1.29, 1.82) is 0 Å². The summed E-state index contributed by atoms with van der Waals surface area (Å²) in [6.07, 6.45) is 0.323. The Labute approximate surface area is 175 Å². The number of rotatable bonds is 9. The van der Waals surface area contributed by atoms with Crippen molar-refractivity contribution in [2.45, 2.75) is 46.8 Å². The van der Waals surface area contributed by atoms with Crippen molar-refractivity contribution < 1.29 is 19.0 Å². The fourth-order valence-corrected chi connectivity index (χ4v) is 3.49. The molecule has 2 aromatic carbocycles. The first-order valence-corrected chi connectivity index (χ1v) is 10.2. The number of aryl methyl sites for hydroxylation is 2. The zero-order valence-electron chi connectivity index (χ0n) is 17.1. The largest absolute Gasteiger partial charge is 0.493 e. The van der Waals surface area contributed by atoms with E-state index in [9.17, 15) is 4.79 Å². The van der Waals surface area contributed by atoms with Crippen LogP contribution in [0.4, 0.5) is 0 Å². The number of ether oxygens (including phenoxy) is 3. The molecular formula is C22H28BrNO4. The average molecular weight is 450 g/mol. The first-order valence-electron chi connectivity index (χ1n) is 9.36. The van der Waals surface area contributed by atoms with E-state index in [1.165, 1.54) is 0 Å². The third-order valence-corrected chi connectivity index (χ3v) is 4.70. The van der Waals surface area contributed by atoms with Gasteiger partial charge in [0, 0.05) is 11.0 Å². The summed E-state index contributed by atoms with van der Waals surface area (Å²) in [6.45, 7) is 8.75. The minimum Gasteiger partial charge on any atom is -0.493 e. The fraction of sp³-hybridized carbons (Fsp3) is 0.409. The van der Waals surface area contributed by atoms with Crippen molar-refractivity contribution in [3.63, 3.8) is 0 Å². The molecule has 0 bridgehead atoms. The summed E-state index contributed by atoms with van der Waals surface area (Å²) in [5.74, 6) is 1.93. The number of carbonyl (C=O) groups excluding carboxylic acids is 1. The summed E-state index contributed by atoms with van der Waals surface area (Å²) in [5.41, 5.74) is 2.90. The lowest BCUT2D eigenvalue weighted by molar-refractivity contribution is -0.127. The molecule has 5 nitrogen and oxygen atoms in total. The van der Waals surface area contributed by atoms with E-state index in [4.69, 9.17) is 14.2 Å². The molecule has 1 amide bonds. The Morgan fingerprint density at radius 3 is 2.43 bits per heavy atom. The van der Waals surface area contributed by atoms with Crippen LogP contribution in [-0.4, -0.2) is 25.7 Å². The molecule has 2 rings (SSSR count). The molecule has 0 heterocycles. The number of carbonyl (C=O) groups is 1. The molecule has 0 aliphatic carbocycles. The number of halogens is 1. The van der Waals surface area contributed by atoms with Gasteiger partial charge in [-0.3, -0.25) is 4.79 Å². The summed E-state index contributed by atoms with van der Waals surface area (Å²) in [5, 5.41) is 2.91. The Kier molecular flexibility index (Phi) is 8.18. The highest BCUT2D eigenvalue weighted by Gasteiger charge is 2.17. The van der Waals surface area contributed by atoms with Crippen molar-refractivity contribution >= 4 is 21.8 Å². The normalized spacial score (nSPS) is 11.6. The van der Waals surface area contributed by atoms with Gasteiger partial charge in [0.25, 0.3) is 5.91 Å². The quantitative estimate of drug-likeness (QED) is 0.588. The monoisotopic (exact) mass is 449 g/mol. The van der Waals surface area contributed by atoms with E-state index in [2.05, 4.69) is 28.2 Å². The van der Waals surface area contributed by atoms with Crippen LogP contribution in [0, 0.1) is 13.8 Å². The maximum Gasteiger partial charge on any atom is 0.261 e. The topological polar surface area (TPSA) is 56.8 Å². The molecule has 0 aliphatic heterocycles. The lowest BCUT2D eigenvalue weighted by atomic mass is 10.1. The Hall–Kier alpha value is -2.21. The molecule has 0 saturated heterocycles. The first kappa shape index (κ1) is 22.1. The van der Waals surface area contributed by atoms with Gasteiger partial charge in [-0.25, -0.2) is 0 Å². The highest BCUT2D eigenvalue weighted by atomic mass is 79.9. The fourth-order valence-electron chi connectivity index (χ4n) is 2.80. The van der Waals surface area contributed by atoms with Crippen LogP contribution in [0.5, 0.6) is 17.2 Å². The molecule has 6 heteroatoms. The number of amides is 1. The molecule has 28 heavy (non-hydrogen) atoms. The predicted molar refractivity (Wildman–Crippen MR) is 114 cm³/mol. The standard InChI is InChI=1S/C22H28BrNO4/c1-6-9-27-19-8-7-17(12-20(19)26-5)13-24-22(25)16(4)28-21-14(2)10-18(23)11-15(21)3/h7-8,10-12,16H,6,9,13H2,1-5H3,(H,24,25). The zero-order chi connectivity index (χ0) is 20.7. The highest BCUT2D eigenvalue weighted by molar-refractivity contribution is 9.10. The van der Waals surface area contributed by atoms with Gasteiger partial charge in [0.2, 0.25) is 0 Å². The molecular weight excluding hydrogens is 422 g/mol. The van der Waals surface area contributed by atoms with Gasteiger partial charge in [0.1, 0.15) is 5.75 Å². The van der Waals surface area contributed by atoms with Crippen molar-refractivity contribution in [1.82, 2.24) is 5.32 Å². The van der Waals surface area contributed by atoms with Gasteiger partial charge >= 0.3 is 0 Å². The van der Waals surface area contributed by atoms with Crippen LogP contribution < -0.4 is 19.5 Å². The maximum absolute atomic E-state index is 12.5. The molecule has 0 saturated carbocycles. The Balaban J connectivity index is 1.98. The second-order valence-corrected chi connectivity index (χ2v) is 7.60. The third-order valence-electron chi connectivity index (χ3n) is 4.25. The van der Waals surface area contributed by atoms with Gasteiger partial charge in [0.05, 0.1) is 13.7 Å². The van der Waals surface area contributed by atoms with E-state index >= 15 is 0 Å². The van der Waals surface area contributed by atoms with Crippen molar-refractivity contribution in [3.8, 4) is 17.2 Å². The number of hydrogen-bond acceptors (Lipinski definition) is 4. The molecule has 0 aliphatic rings. The molecule has 152 valence electrons. The van der Waals surface area contributed by atoms with E-state index < -0.39 is 6.10 Å². The number of benzene rings is 2. The van der Waals surface area contributed by atoms with Crippen LogP contribution in [0.3, 0.4) is 0 Å². The minimum absolute atomic E-state index is 0.174. The summed E-state index contributed by atoms with van der Waals surface area (Å²) in [7, 11) is 1.61. The van der Waals surface area contributed by atoms with Crippen LogP contribution in [-0.2, 0) is 11.3 Å². The average Bonchev–Trinajstić information content (AvgIpc) is 2.67. The molecule has 1 unspecified atom stereocenters. The summed E-state index contributed by atoms with van der Waals surface area (Å²) < 4.78 is 17.9. The van der Waals surface area contributed by atoms with Crippen LogP contribution in [0.25, 0.3) is 0 Å². The van der Waals surface area contributed by atoms with Crippen molar-refractivity contribution in [3.05, 3.63) is 51.5 Å².